The lowest BCUT2D eigenvalue weighted by atomic mass is 10.1. The molecule has 2 rings (SSSR count). The van der Waals surface area contributed by atoms with Crippen LogP contribution in [-0.2, 0) is 6.42 Å². The minimum Gasteiger partial charge on any atom is -0.383 e. The number of nitrogens with zero attached hydrogens (tertiary/aromatic N) is 3. The molecule has 0 amide bonds. The molecule has 0 radical (unpaired) electrons. The van der Waals surface area contributed by atoms with Crippen LogP contribution in [0, 0.1) is 6.92 Å². The smallest absolute Gasteiger partial charge is 0.223 e. The first-order valence-corrected chi connectivity index (χ1v) is 5.78. The highest BCUT2D eigenvalue weighted by molar-refractivity contribution is 5.48. The van der Waals surface area contributed by atoms with Crippen LogP contribution in [0.4, 0.5) is 17.6 Å². The SMILES string of the molecule is Cc1[nH]ncc1CCCNc1cc(N)nc(N)n1. The molecule has 0 spiro atoms. The van der Waals surface area contributed by atoms with Crippen LogP contribution in [0.25, 0.3) is 0 Å². The first-order chi connectivity index (χ1) is 8.65. The molecule has 7 nitrogen and oxygen atoms in total. The summed E-state index contributed by atoms with van der Waals surface area (Å²) in [6, 6.07) is 1.67. The first kappa shape index (κ1) is 12.2. The van der Waals surface area contributed by atoms with E-state index in [9.17, 15) is 0 Å². The number of nitrogens with two attached hydrogens (primary N) is 2. The van der Waals surface area contributed by atoms with Gasteiger partial charge in [0.15, 0.2) is 0 Å². The van der Waals surface area contributed by atoms with Crippen molar-refractivity contribution in [3.8, 4) is 0 Å². The van der Waals surface area contributed by atoms with Gasteiger partial charge >= 0.3 is 0 Å². The Balaban J connectivity index is 1.80. The molecule has 0 aliphatic rings. The zero-order valence-electron chi connectivity index (χ0n) is 10.3. The van der Waals surface area contributed by atoms with Gasteiger partial charge in [0.05, 0.1) is 6.20 Å². The number of rotatable bonds is 5. The highest BCUT2D eigenvalue weighted by Crippen LogP contribution is 2.10. The van der Waals surface area contributed by atoms with Crippen molar-refractivity contribution in [1.29, 1.82) is 0 Å². The van der Waals surface area contributed by atoms with Crippen LogP contribution in [0.2, 0.25) is 0 Å². The summed E-state index contributed by atoms with van der Waals surface area (Å²) in [6.07, 6.45) is 3.80. The van der Waals surface area contributed by atoms with Crippen LogP contribution in [0.1, 0.15) is 17.7 Å². The maximum Gasteiger partial charge on any atom is 0.223 e. The van der Waals surface area contributed by atoms with E-state index in [0.717, 1.165) is 25.1 Å². The molecule has 0 bridgehead atoms. The summed E-state index contributed by atoms with van der Waals surface area (Å²) in [7, 11) is 0. The fourth-order valence-electron chi connectivity index (χ4n) is 1.70. The average Bonchev–Trinajstić information content (AvgIpc) is 2.69. The number of aromatic amines is 1. The molecule has 0 unspecified atom stereocenters. The molecule has 0 saturated carbocycles. The van der Waals surface area contributed by atoms with Crippen molar-refractivity contribution in [2.75, 3.05) is 23.3 Å². The lowest BCUT2D eigenvalue weighted by Gasteiger charge is -2.06. The second kappa shape index (κ2) is 5.35. The number of H-pyrrole nitrogens is 1. The van der Waals surface area contributed by atoms with Gasteiger partial charge < -0.3 is 16.8 Å². The Hall–Kier alpha value is -2.31. The molecule has 6 N–H and O–H groups in total. The second-order valence-electron chi connectivity index (χ2n) is 4.09. The molecule has 96 valence electrons. The molecule has 0 aliphatic carbocycles. The molecular formula is C11H17N7. The summed E-state index contributed by atoms with van der Waals surface area (Å²) < 4.78 is 0. The van der Waals surface area contributed by atoms with E-state index in [4.69, 9.17) is 11.5 Å². The van der Waals surface area contributed by atoms with Crippen LogP contribution in [0.15, 0.2) is 12.3 Å². The highest BCUT2D eigenvalue weighted by atomic mass is 15.1. The number of anilines is 3. The van der Waals surface area contributed by atoms with E-state index in [-0.39, 0.29) is 5.95 Å². The zero-order valence-corrected chi connectivity index (χ0v) is 10.3. The van der Waals surface area contributed by atoms with Crippen molar-refractivity contribution in [2.24, 2.45) is 0 Å². The van der Waals surface area contributed by atoms with Gasteiger partial charge in [-0.15, -0.1) is 0 Å². The van der Waals surface area contributed by atoms with Crippen LogP contribution >= 0.6 is 0 Å². The third-order valence-electron chi connectivity index (χ3n) is 2.63. The number of aromatic nitrogens is 4. The van der Waals surface area contributed by atoms with E-state index in [1.165, 1.54) is 5.56 Å². The van der Waals surface area contributed by atoms with Gasteiger partial charge in [-0.2, -0.15) is 15.1 Å². The lowest BCUT2D eigenvalue weighted by Crippen LogP contribution is -2.08. The van der Waals surface area contributed by atoms with E-state index in [1.54, 1.807) is 6.07 Å². The van der Waals surface area contributed by atoms with Gasteiger partial charge in [0, 0.05) is 18.3 Å². The largest absolute Gasteiger partial charge is 0.383 e. The van der Waals surface area contributed by atoms with Gasteiger partial charge in [0.2, 0.25) is 5.95 Å². The maximum atomic E-state index is 5.58. The van der Waals surface area contributed by atoms with Crippen molar-refractivity contribution < 1.29 is 0 Å². The van der Waals surface area contributed by atoms with Crippen LogP contribution in [0.3, 0.4) is 0 Å². The van der Waals surface area contributed by atoms with E-state index < -0.39 is 0 Å². The van der Waals surface area contributed by atoms with Crippen molar-refractivity contribution in [3.05, 3.63) is 23.5 Å². The number of nitrogens with one attached hydrogen (secondary N) is 2. The van der Waals surface area contributed by atoms with Crippen molar-refractivity contribution in [2.45, 2.75) is 19.8 Å². The Morgan fingerprint density at radius 3 is 2.83 bits per heavy atom. The number of nitrogen functional groups attached to an aromatic ring is 2. The molecule has 2 aromatic heterocycles. The van der Waals surface area contributed by atoms with E-state index in [1.807, 2.05) is 13.1 Å². The summed E-state index contributed by atoms with van der Waals surface area (Å²) >= 11 is 0. The van der Waals surface area contributed by atoms with E-state index in [0.29, 0.717) is 11.6 Å². The van der Waals surface area contributed by atoms with Gasteiger partial charge in [-0.1, -0.05) is 0 Å². The van der Waals surface area contributed by atoms with E-state index >= 15 is 0 Å². The third kappa shape index (κ3) is 3.09. The predicted octanol–water partition coefficient (Wildman–Crippen LogP) is 0.717. The van der Waals surface area contributed by atoms with Crippen LogP contribution < -0.4 is 16.8 Å². The van der Waals surface area contributed by atoms with Crippen molar-refractivity contribution >= 4 is 17.6 Å². The predicted molar refractivity (Wildman–Crippen MR) is 71.0 cm³/mol. The molecule has 7 heteroatoms. The summed E-state index contributed by atoms with van der Waals surface area (Å²) in [5.41, 5.74) is 13.4. The molecule has 0 fully saturated rings. The number of hydrogen-bond acceptors (Lipinski definition) is 6. The van der Waals surface area contributed by atoms with Gasteiger partial charge in [-0.25, -0.2) is 0 Å². The maximum absolute atomic E-state index is 5.58. The molecule has 2 aromatic rings. The molecule has 2 heterocycles. The Morgan fingerprint density at radius 1 is 1.33 bits per heavy atom. The van der Waals surface area contributed by atoms with Gasteiger partial charge in [-0.3, -0.25) is 5.10 Å². The average molecular weight is 247 g/mol. The van der Waals surface area contributed by atoms with Crippen molar-refractivity contribution in [3.63, 3.8) is 0 Å². The van der Waals surface area contributed by atoms with Gasteiger partial charge in [0.25, 0.3) is 0 Å². The van der Waals surface area contributed by atoms with E-state index in [2.05, 4.69) is 25.5 Å². The number of hydrogen-bond donors (Lipinski definition) is 4. The standard InChI is InChI=1S/C11H17N7/c1-7-8(6-15-18-7)3-2-4-14-10-5-9(12)16-11(13)17-10/h5-6H,2-4H2,1H3,(H,15,18)(H5,12,13,14,16,17). The molecule has 0 atom stereocenters. The topological polar surface area (TPSA) is 119 Å². The summed E-state index contributed by atoms with van der Waals surface area (Å²) in [6.45, 7) is 2.81. The minimum atomic E-state index is 0.183. The Kier molecular flexibility index (Phi) is 3.61. The van der Waals surface area contributed by atoms with Crippen LogP contribution in [-0.4, -0.2) is 26.7 Å². The lowest BCUT2D eigenvalue weighted by molar-refractivity contribution is 0.853. The fraction of sp³-hybridized carbons (Fsp3) is 0.364. The number of aryl methyl sites for hydroxylation is 2. The first-order valence-electron chi connectivity index (χ1n) is 5.78. The zero-order chi connectivity index (χ0) is 13.0. The fourth-order valence-corrected chi connectivity index (χ4v) is 1.70. The van der Waals surface area contributed by atoms with Gasteiger partial charge in [0.1, 0.15) is 11.6 Å². The van der Waals surface area contributed by atoms with Crippen LogP contribution in [0.5, 0.6) is 0 Å². The monoisotopic (exact) mass is 247 g/mol. The molecule has 18 heavy (non-hydrogen) atoms. The molecule has 0 aliphatic heterocycles. The third-order valence-corrected chi connectivity index (χ3v) is 2.63. The van der Waals surface area contributed by atoms with Crippen molar-refractivity contribution in [1.82, 2.24) is 20.2 Å². The Morgan fingerprint density at radius 2 is 2.17 bits per heavy atom. The Bertz CT molecular complexity index is 500. The molecular weight excluding hydrogens is 230 g/mol. The van der Waals surface area contributed by atoms with Gasteiger partial charge in [-0.05, 0) is 25.3 Å². The summed E-state index contributed by atoms with van der Waals surface area (Å²) in [5.74, 6) is 1.21. The molecule has 0 saturated heterocycles. The quantitative estimate of drug-likeness (QED) is 0.578. The second-order valence-corrected chi connectivity index (χ2v) is 4.09. The summed E-state index contributed by atoms with van der Waals surface area (Å²) in [5, 5.41) is 10.1. The summed E-state index contributed by atoms with van der Waals surface area (Å²) in [4.78, 5) is 7.85. The minimum absolute atomic E-state index is 0.183. The highest BCUT2D eigenvalue weighted by Gasteiger charge is 2.01. The normalized spacial score (nSPS) is 10.5. The molecule has 0 aromatic carbocycles. The Labute approximate surface area is 105 Å².